The van der Waals surface area contributed by atoms with E-state index >= 15 is 0 Å². The minimum atomic E-state index is -0.595. The summed E-state index contributed by atoms with van der Waals surface area (Å²) in [6.07, 6.45) is 0. The van der Waals surface area contributed by atoms with Gasteiger partial charge in [-0.1, -0.05) is 0 Å². The van der Waals surface area contributed by atoms with Crippen LogP contribution in [0.3, 0.4) is 0 Å². The standard InChI is InChI=1S/C13H13N3O4/c1-8-2-4-10(20-8)7-15-13(17)9-3-5-12(16(18)19)11(14)6-9/h2-6H,7,14H2,1H3,(H,15,17). The normalized spacial score (nSPS) is 10.2. The topological polar surface area (TPSA) is 111 Å². The molecule has 1 aromatic heterocycles. The first-order valence-electron chi connectivity index (χ1n) is 5.85. The summed E-state index contributed by atoms with van der Waals surface area (Å²) in [5, 5.41) is 13.3. The van der Waals surface area contributed by atoms with Crippen molar-refractivity contribution in [3.8, 4) is 0 Å². The summed E-state index contributed by atoms with van der Waals surface area (Å²) >= 11 is 0. The van der Waals surface area contributed by atoms with Crippen molar-refractivity contribution in [2.24, 2.45) is 0 Å². The Bertz CT molecular complexity index is 663. The number of carbonyl (C=O) groups excluding carboxylic acids is 1. The number of carbonyl (C=O) groups is 1. The van der Waals surface area contributed by atoms with Gasteiger partial charge in [-0.05, 0) is 31.2 Å². The SMILES string of the molecule is Cc1ccc(CNC(=O)c2ccc([N+](=O)[O-])c(N)c2)o1. The number of hydrogen-bond donors (Lipinski definition) is 2. The van der Waals surface area contributed by atoms with Crippen molar-refractivity contribution in [1.29, 1.82) is 0 Å². The van der Waals surface area contributed by atoms with Crippen molar-refractivity contribution in [2.45, 2.75) is 13.5 Å². The van der Waals surface area contributed by atoms with Crippen LogP contribution in [0.4, 0.5) is 11.4 Å². The second-order valence-corrected chi connectivity index (χ2v) is 4.23. The summed E-state index contributed by atoms with van der Waals surface area (Å²) < 4.78 is 5.32. The lowest BCUT2D eigenvalue weighted by Crippen LogP contribution is -2.22. The van der Waals surface area contributed by atoms with Crippen LogP contribution in [0.15, 0.2) is 34.7 Å². The fourth-order valence-electron chi connectivity index (χ4n) is 1.71. The molecule has 0 aliphatic rings. The fraction of sp³-hybridized carbons (Fsp3) is 0.154. The molecule has 2 rings (SSSR count). The second kappa shape index (κ2) is 5.43. The van der Waals surface area contributed by atoms with Gasteiger partial charge in [-0.2, -0.15) is 0 Å². The van der Waals surface area contributed by atoms with Crippen LogP contribution >= 0.6 is 0 Å². The van der Waals surface area contributed by atoms with E-state index in [4.69, 9.17) is 10.2 Å². The number of benzene rings is 1. The average molecular weight is 275 g/mol. The predicted octanol–water partition coefficient (Wildman–Crippen LogP) is 2.01. The molecule has 0 saturated carbocycles. The molecule has 104 valence electrons. The van der Waals surface area contributed by atoms with E-state index in [0.29, 0.717) is 5.76 Å². The van der Waals surface area contributed by atoms with Crippen LogP contribution in [0.5, 0.6) is 0 Å². The van der Waals surface area contributed by atoms with E-state index in [9.17, 15) is 14.9 Å². The lowest BCUT2D eigenvalue weighted by Gasteiger charge is -2.04. The van der Waals surface area contributed by atoms with Gasteiger partial charge in [-0.3, -0.25) is 14.9 Å². The third-order valence-electron chi connectivity index (χ3n) is 2.71. The van der Waals surface area contributed by atoms with Crippen LogP contribution in [0.2, 0.25) is 0 Å². The van der Waals surface area contributed by atoms with Crippen LogP contribution in [-0.2, 0) is 6.54 Å². The number of nitrogens with two attached hydrogens (primary N) is 1. The molecule has 0 aliphatic carbocycles. The molecular weight excluding hydrogens is 262 g/mol. The third-order valence-corrected chi connectivity index (χ3v) is 2.71. The fourth-order valence-corrected chi connectivity index (χ4v) is 1.71. The number of aryl methyl sites for hydroxylation is 1. The van der Waals surface area contributed by atoms with Gasteiger partial charge in [0.05, 0.1) is 11.5 Å². The number of nitrogens with one attached hydrogen (secondary N) is 1. The maximum Gasteiger partial charge on any atom is 0.292 e. The molecule has 7 nitrogen and oxygen atoms in total. The first-order valence-corrected chi connectivity index (χ1v) is 5.85. The van der Waals surface area contributed by atoms with Crippen LogP contribution in [-0.4, -0.2) is 10.8 Å². The van der Waals surface area contributed by atoms with E-state index in [2.05, 4.69) is 5.32 Å². The minimum Gasteiger partial charge on any atom is -0.465 e. The van der Waals surface area contributed by atoms with Gasteiger partial charge in [0, 0.05) is 11.6 Å². The lowest BCUT2D eigenvalue weighted by atomic mass is 10.1. The zero-order valence-electron chi connectivity index (χ0n) is 10.8. The van der Waals surface area contributed by atoms with Crippen LogP contribution in [0.25, 0.3) is 0 Å². The quantitative estimate of drug-likeness (QED) is 0.503. The Morgan fingerprint density at radius 1 is 1.40 bits per heavy atom. The maximum atomic E-state index is 11.9. The molecule has 0 bridgehead atoms. The largest absolute Gasteiger partial charge is 0.465 e. The summed E-state index contributed by atoms with van der Waals surface area (Å²) in [7, 11) is 0. The summed E-state index contributed by atoms with van der Waals surface area (Å²) in [5.41, 5.74) is 5.53. The van der Waals surface area contributed by atoms with Crippen molar-refractivity contribution in [1.82, 2.24) is 5.32 Å². The van der Waals surface area contributed by atoms with Gasteiger partial charge in [0.25, 0.3) is 11.6 Å². The molecule has 0 atom stereocenters. The number of nitrogen functional groups attached to an aromatic ring is 1. The van der Waals surface area contributed by atoms with Gasteiger partial charge in [0.2, 0.25) is 0 Å². The molecule has 0 unspecified atom stereocenters. The Morgan fingerprint density at radius 2 is 2.15 bits per heavy atom. The summed E-state index contributed by atoms with van der Waals surface area (Å²) in [6, 6.07) is 7.41. The van der Waals surface area contributed by atoms with Gasteiger partial charge in [-0.25, -0.2) is 0 Å². The molecule has 3 N–H and O–H groups in total. The van der Waals surface area contributed by atoms with Gasteiger partial charge in [0.15, 0.2) is 0 Å². The van der Waals surface area contributed by atoms with Crippen molar-refractivity contribution in [2.75, 3.05) is 5.73 Å². The molecule has 1 heterocycles. The predicted molar refractivity (Wildman–Crippen MR) is 72.1 cm³/mol. The van der Waals surface area contributed by atoms with Crippen molar-refractivity contribution >= 4 is 17.3 Å². The summed E-state index contributed by atoms with van der Waals surface area (Å²) in [5.74, 6) is 1.01. The van der Waals surface area contributed by atoms with Crippen molar-refractivity contribution < 1.29 is 14.1 Å². The van der Waals surface area contributed by atoms with Crippen molar-refractivity contribution in [3.05, 3.63) is 57.5 Å². The van der Waals surface area contributed by atoms with E-state index < -0.39 is 4.92 Å². The highest BCUT2D eigenvalue weighted by Crippen LogP contribution is 2.22. The number of nitro benzene ring substituents is 1. The zero-order chi connectivity index (χ0) is 14.7. The molecule has 0 spiro atoms. The van der Waals surface area contributed by atoms with Crippen LogP contribution < -0.4 is 11.1 Å². The Balaban J connectivity index is 2.06. The molecule has 20 heavy (non-hydrogen) atoms. The third kappa shape index (κ3) is 2.94. The second-order valence-electron chi connectivity index (χ2n) is 4.23. The van der Waals surface area contributed by atoms with E-state index in [-0.39, 0.29) is 29.4 Å². The van der Waals surface area contributed by atoms with Crippen LogP contribution in [0.1, 0.15) is 21.9 Å². The molecule has 0 radical (unpaired) electrons. The highest BCUT2D eigenvalue weighted by Gasteiger charge is 2.14. The number of nitro groups is 1. The van der Waals surface area contributed by atoms with Crippen molar-refractivity contribution in [3.63, 3.8) is 0 Å². The van der Waals surface area contributed by atoms with Gasteiger partial charge < -0.3 is 15.5 Å². The Labute approximate surface area is 114 Å². The lowest BCUT2D eigenvalue weighted by molar-refractivity contribution is -0.383. The molecule has 1 amide bonds. The van der Waals surface area contributed by atoms with E-state index in [1.807, 2.05) is 6.92 Å². The Kier molecular flexibility index (Phi) is 3.69. The van der Waals surface area contributed by atoms with E-state index in [0.717, 1.165) is 5.76 Å². The number of rotatable bonds is 4. The minimum absolute atomic E-state index is 0.0449. The number of anilines is 1. The monoisotopic (exact) mass is 275 g/mol. The number of amides is 1. The zero-order valence-corrected chi connectivity index (χ0v) is 10.8. The van der Waals surface area contributed by atoms with E-state index in [1.165, 1.54) is 18.2 Å². The number of furan rings is 1. The molecular formula is C13H13N3O4. The van der Waals surface area contributed by atoms with Gasteiger partial charge in [-0.15, -0.1) is 0 Å². The smallest absolute Gasteiger partial charge is 0.292 e. The Hall–Kier alpha value is -2.83. The molecule has 0 aliphatic heterocycles. The first-order chi connectivity index (χ1) is 9.47. The first kappa shape index (κ1) is 13.6. The molecule has 1 aromatic carbocycles. The van der Waals surface area contributed by atoms with E-state index in [1.54, 1.807) is 12.1 Å². The average Bonchev–Trinajstić information content (AvgIpc) is 2.81. The molecule has 0 saturated heterocycles. The number of hydrogen-bond acceptors (Lipinski definition) is 5. The molecule has 7 heteroatoms. The highest BCUT2D eigenvalue weighted by molar-refractivity contribution is 5.95. The summed E-state index contributed by atoms with van der Waals surface area (Å²) in [6.45, 7) is 2.05. The summed E-state index contributed by atoms with van der Waals surface area (Å²) in [4.78, 5) is 21.9. The maximum absolute atomic E-state index is 11.9. The number of nitrogens with zero attached hydrogens (tertiary/aromatic N) is 1. The highest BCUT2D eigenvalue weighted by atomic mass is 16.6. The van der Waals surface area contributed by atoms with Gasteiger partial charge in [0.1, 0.15) is 17.2 Å². The molecule has 0 fully saturated rings. The Morgan fingerprint density at radius 3 is 2.70 bits per heavy atom. The molecule has 2 aromatic rings. The van der Waals surface area contributed by atoms with Crippen LogP contribution in [0, 0.1) is 17.0 Å². The van der Waals surface area contributed by atoms with Gasteiger partial charge >= 0.3 is 0 Å².